The molecular weight excluding hydrogens is 482 g/mol. The zero-order chi connectivity index (χ0) is 25.9. The number of carbonyl (C=O) groups excluding carboxylic acids is 2. The summed E-state index contributed by atoms with van der Waals surface area (Å²) in [5.41, 5.74) is 6.87. The minimum atomic E-state index is -0.0289. The number of rotatable bonds is 6. The van der Waals surface area contributed by atoms with Gasteiger partial charge in [0.1, 0.15) is 5.65 Å². The molecule has 0 aliphatic carbocycles. The van der Waals surface area contributed by atoms with Crippen LogP contribution in [-0.2, 0) is 11.2 Å². The predicted molar refractivity (Wildman–Crippen MR) is 150 cm³/mol. The number of hydrogen-bond acceptors (Lipinski definition) is 3. The maximum atomic E-state index is 13.4. The minimum absolute atomic E-state index is 0.0289. The second kappa shape index (κ2) is 10.7. The average Bonchev–Trinajstić information content (AvgIpc) is 3.10. The Labute approximate surface area is 222 Å². The number of aromatic nitrogens is 2. The van der Waals surface area contributed by atoms with Crippen LogP contribution in [0.1, 0.15) is 47.2 Å². The molecule has 1 N–H and O–H groups in total. The number of carbonyl (C=O) groups is 2. The zero-order valence-corrected chi connectivity index (χ0v) is 21.8. The highest BCUT2D eigenvalue weighted by Crippen LogP contribution is 2.41. The summed E-state index contributed by atoms with van der Waals surface area (Å²) >= 11 is 6.70. The van der Waals surface area contributed by atoms with Crippen molar-refractivity contribution in [1.82, 2.24) is 14.9 Å². The van der Waals surface area contributed by atoms with Gasteiger partial charge >= 0.3 is 0 Å². The van der Waals surface area contributed by atoms with E-state index in [0.29, 0.717) is 16.2 Å². The second-order valence-electron chi connectivity index (χ2n) is 9.67. The van der Waals surface area contributed by atoms with Crippen LogP contribution in [0.4, 0.5) is 0 Å². The maximum absolute atomic E-state index is 13.4. The number of nitrogens with one attached hydrogen (secondary N) is 1. The van der Waals surface area contributed by atoms with Crippen LogP contribution in [0.3, 0.4) is 0 Å². The topological polar surface area (TPSA) is 66.1 Å². The summed E-state index contributed by atoms with van der Waals surface area (Å²) in [4.78, 5) is 35.5. The number of likely N-dealkylation sites (tertiary alicyclic amines) is 1. The van der Waals surface area contributed by atoms with E-state index in [1.165, 1.54) is 18.9 Å². The number of fused-ring (bicyclic) bond motifs is 1. The number of halogens is 1. The van der Waals surface area contributed by atoms with E-state index >= 15 is 0 Å². The van der Waals surface area contributed by atoms with Gasteiger partial charge in [0.2, 0.25) is 0 Å². The molecule has 0 atom stereocenters. The number of benzene rings is 2. The molecule has 5 nitrogen and oxygen atoms in total. The van der Waals surface area contributed by atoms with Crippen molar-refractivity contribution in [3.8, 4) is 22.4 Å². The summed E-state index contributed by atoms with van der Waals surface area (Å²) < 4.78 is 0. The van der Waals surface area contributed by atoms with Crippen LogP contribution < -0.4 is 0 Å². The van der Waals surface area contributed by atoms with Crippen LogP contribution in [0.2, 0.25) is 5.02 Å². The Bertz CT molecular complexity index is 1500. The maximum Gasteiger partial charge on any atom is 0.253 e. The van der Waals surface area contributed by atoms with Gasteiger partial charge in [-0.25, -0.2) is 4.98 Å². The molecule has 2 aromatic heterocycles. The molecule has 0 spiro atoms. The first-order valence-corrected chi connectivity index (χ1v) is 13.1. The van der Waals surface area contributed by atoms with Gasteiger partial charge in [-0.05, 0) is 66.3 Å². The quantitative estimate of drug-likeness (QED) is 0.279. The van der Waals surface area contributed by atoms with E-state index in [2.05, 4.69) is 16.5 Å². The van der Waals surface area contributed by atoms with E-state index in [-0.39, 0.29) is 18.1 Å². The van der Waals surface area contributed by atoms with E-state index in [1.54, 1.807) is 12.3 Å². The fraction of sp³-hybridized carbons (Fsp3) is 0.258. The molecule has 188 valence electrons. The number of allylic oxidation sites excluding steroid dienone is 1. The fourth-order valence-electron chi connectivity index (χ4n) is 5.12. The molecule has 1 aliphatic rings. The number of amides is 1. The van der Waals surface area contributed by atoms with Gasteiger partial charge in [0.05, 0.1) is 10.7 Å². The Balaban J connectivity index is 1.64. The van der Waals surface area contributed by atoms with Gasteiger partial charge in [-0.2, -0.15) is 0 Å². The number of hydrogen-bond donors (Lipinski definition) is 1. The van der Waals surface area contributed by atoms with Crippen molar-refractivity contribution >= 4 is 34.3 Å². The highest BCUT2D eigenvalue weighted by molar-refractivity contribution is 6.36. The number of aromatic amines is 1. The summed E-state index contributed by atoms with van der Waals surface area (Å²) in [7, 11) is 0. The summed E-state index contributed by atoms with van der Waals surface area (Å²) in [6.45, 7) is 7.22. The monoisotopic (exact) mass is 511 g/mol. The normalized spacial score (nSPS) is 13.9. The number of ketones is 1. The summed E-state index contributed by atoms with van der Waals surface area (Å²) in [6, 6.07) is 15.6. The van der Waals surface area contributed by atoms with E-state index in [9.17, 15) is 9.59 Å². The van der Waals surface area contributed by atoms with E-state index in [0.717, 1.165) is 64.8 Å². The van der Waals surface area contributed by atoms with Crippen molar-refractivity contribution in [2.75, 3.05) is 13.1 Å². The Morgan fingerprint density at radius 3 is 2.59 bits per heavy atom. The molecular formula is C31H30ClN3O2. The third kappa shape index (κ3) is 5.09. The fourth-order valence-corrected chi connectivity index (χ4v) is 5.36. The third-order valence-corrected chi connectivity index (χ3v) is 7.48. The third-order valence-electron chi connectivity index (χ3n) is 7.17. The molecule has 0 radical (unpaired) electrons. The average molecular weight is 512 g/mol. The predicted octanol–water partition coefficient (Wildman–Crippen LogP) is 7.17. The van der Waals surface area contributed by atoms with Gasteiger partial charge in [0.15, 0.2) is 5.78 Å². The minimum Gasteiger partial charge on any atom is -0.339 e. The number of nitrogens with zero attached hydrogens (tertiary/aromatic N) is 2. The number of H-pyrrole nitrogens is 1. The summed E-state index contributed by atoms with van der Waals surface area (Å²) in [6.07, 6.45) is 7.76. The van der Waals surface area contributed by atoms with E-state index in [1.807, 2.05) is 54.3 Å². The molecule has 2 aromatic carbocycles. The molecule has 4 aromatic rings. The highest BCUT2D eigenvalue weighted by Gasteiger charge is 2.22. The Kier molecular flexibility index (Phi) is 7.24. The van der Waals surface area contributed by atoms with Gasteiger partial charge in [-0.15, -0.1) is 0 Å². The lowest BCUT2D eigenvalue weighted by Gasteiger charge is -2.20. The molecule has 37 heavy (non-hydrogen) atoms. The van der Waals surface area contributed by atoms with Gasteiger partial charge in [-0.3, -0.25) is 9.59 Å². The molecule has 0 unspecified atom stereocenters. The van der Waals surface area contributed by atoms with Crippen molar-refractivity contribution in [3.05, 3.63) is 89.1 Å². The SMILES string of the molecule is C=CC(=O)Cc1cc(-c2c(-c3cccc(C(=O)N4CCCCCC4)c3)[nH]c3nccc(Cl)c23)ccc1C. The smallest absolute Gasteiger partial charge is 0.253 e. The molecule has 1 amide bonds. The van der Waals surface area contributed by atoms with Crippen LogP contribution in [-0.4, -0.2) is 39.6 Å². The first-order valence-electron chi connectivity index (χ1n) is 12.8. The van der Waals surface area contributed by atoms with Gasteiger partial charge in [0.25, 0.3) is 5.91 Å². The highest BCUT2D eigenvalue weighted by atomic mass is 35.5. The van der Waals surface area contributed by atoms with Crippen molar-refractivity contribution in [3.63, 3.8) is 0 Å². The lowest BCUT2D eigenvalue weighted by atomic mass is 9.93. The molecule has 1 aliphatic heterocycles. The van der Waals surface area contributed by atoms with Crippen molar-refractivity contribution < 1.29 is 9.59 Å². The van der Waals surface area contributed by atoms with Crippen LogP contribution in [0.5, 0.6) is 0 Å². The van der Waals surface area contributed by atoms with Crippen molar-refractivity contribution in [2.24, 2.45) is 0 Å². The van der Waals surface area contributed by atoms with Crippen molar-refractivity contribution in [2.45, 2.75) is 39.0 Å². The second-order valence-corrected chi connectivity index (χ2v) is 10.1. The molecule has 1 fully saturated rings. The van der Waals surface area contributed by atoms with Crippen LogP contribution in [0.25, 0.3) is 33.4 Å². The molecule has 5 rings (SSSR count). The zero-order valence-electron chi connectivity index (χ0n) is 21.0. The summed E-state index contributed by atoms with van der Waals surface area (Å²) in [5, 5.41) is 1.40. The first kappa shape index (κ1) is 25.0. The molecule has 0 bridgehead atoms. The first-order chi connectivity index (χ1) is 18.0. The standard InChI is InChI=1S/C31H30ClN3O2/c1-3-25(36)19-24-17-21(12-11-20(24)2)27-28-26(32)13-14-33-30(28)34-29(27)22-9-8-10-23(18-22)31(37)35-15-6-4-5-7-16-35/h3,8-14,17-18H,1,4-7,15-16,19H2,2H3,(H,33,34). The Hall–Kier alpha value is -3.70. The van der Waals surface area contributed by atoms with Crippen LogP contribution in [0.15, 0.2) is 67.4 Å². The van der Waals surface area contributed by atoms with Gasteiger partial charge in [-0.1, -0.05) is 61.4 Å². The molecule has 0 saturated carbocycles. The number of pyridine rings is 1. The largest absolute Gasteiger partial charge is 0.339 e. The van der Waals surface area contributed by atoms with Gasteiger partial charge in [0, 0.05) is 42.2 Å². The van der Waals surface area contributed by atoms with Crippen LogP contribution in [0, 0.1) is 6.92 Å². The Morgan fingerprint density at radius 1 is 1.05 bits per heavy atom. The Morgan fingerprint density at radius 2 is 1.84 bits per heavy atom. The summed E-state index contributed by atoms with van der Waals surface area (Å²) in [5.74, 6) is 0.0388. The van der Waals surface area contributed by atoms with E-state index < -0.39 is 0 Å². The molecule has 3 heterocycles. The number of aryl methyl sites for hydroxylation is 1. The molecule has 6 heteroatoms. The van der Waals surface area contributed by atoms with Crippen molar-refractivity contribution in [1.29, 1.82) is 0 Å². The lowest BCUT2D eigenvalue weighted by molar-refractivity contribution is -0.114. The van der Waals surface area contributed by atoms with Gasteiger partial charge < -0.3 is 9.88 Å². The van der Waals surface area contributed by atoms with E-state index in [4.69, 9.17) is 11.6 Å². The molecule has 1 saturated heterocycles. The van der Waals surface area contributed by atoms with Crippen LogP contribution >= 0.6 is 11.6 Å². The lowest BCUT2D eigenvalue weighted by Crippen LogP contribution is -2.31.